The molecule has 0 aliphatic heterocycles. The number of aliphatic hydroxyl groups is 1. The lowest BCUT2D eigenvalue weighted by Gasteiger charge is -2.30. The molecule has 3 rings (SSSR count). The summed E-state index contributed by atoms with van der Waals surface area (Å²) < 4.78 is 14.2. The molecule has 0 fully saturated rings. The van der Waals surface area contributed by atoms with Crippen LogP contribution in [0.2, 0.25) is 5.02 Å². The van der Waals surface area contributed by atoms with Crippen LogP contribution in [0, 0.1) is 11.2 Å². The Labute approximate surface area is 190 Å². The van der Waals surface area contributed by atoms with Crippen molar-refractivity contribution in [2.75, 3.05) is 6.61 Å². The van der Waals surface area contributed by atoms with Crippen molar-refractivity contribution in [3.63, 3.8) is 0 Å². The molecule has 9 heteroatoms. The van der Waals surface area contributed by atoms with E-state index >= 15 is 0 Å². The Bertz CT molecular complexity index is 1050. The number of hydrogen-bond acceptors (Lipinski definition) is 5. The molecule has 0 spiro atoms. The number of nitrogens with zero attached hydrogens (tertiary/aromatic N) is 2. The summed E-state index contributed by atoms with van der Waals surface area (Å²) in [5, 5.41) is 22.8. The lowest BCUT2D eigenvalue weighted by molar-refractivity contribution is -0.119. The van der Waals surface area contributed by atoms with Crippen LogP contribution in [-0.2, 0) is 11.2 Å². The standard InChI is InChI=1S/C23H24ClFN4O3/c1-2-23(13-30,14-31)11-18(27-22(32)21-12-26-29-28-21)9-15-3-5-16(6-4-15)19-10-17(24)7-8-20(19)25/h3-8,10,12-13,18,31H,2,9,11,14H2,1H3,(H,27,32)(H,26,28,29)/t18-,23?/m1/s1. The summed E-state index contributed by atoms with van der Waals surface area (Å²) in [4.78, 5) is 24.2. The number of aromatic amines is 1. The molecule has 1 amide bonds. The van der Waals surface area contributed by atoms with Crippen molar-refractivity contribution >= 4 is 23.8 Å². The van der Waals surface area contributed by atoms with E-state index in [4.69, 9.17) is 11.6 Å². The smallest absolute Gasteiger partial charge is 0.271 e. The average molecular weight is 459 g/mol. The Hall–Kier alpha value is -3.10. The normalized spacial score (nSPS) is 13.9. The minimum absolute atomic E-state index is 0.193. The zero-order chi connectivity index (χ0) is 23.1. The number of amides is 1. The Morgan fingerprint density at radius 2 is 2.06 bits per heavy atom. The quantitative estimate of drug-likeness (QED) is 0.402. The molecule has 0 saturated carbocycles. The van der Waals surface area contributed by atoms with E-state index in [9.17, 15) is 19.1 Å². The third kappa shape index (κ3) is 5.57. The highest BCUT2D eigenvalue weighted by molar-refractivity contribution is 6.30. The van der Waals surface area contributed by atoms with Crippen LogP contribution in [-0.4, -0.2) is 45.4 Å². The maximum atomic E-state index is 14.2. The summed E-state index contributed by atoms with van der Waals surface area (Å²) in [6.45, 7) is 1.49. The third-order valence-corrected chi connectivity index (χ3v) is 5.83. The molecule has 7 nitrogen and oxygen atoms in total. The van der Waals surface area contributed by atoms with Crippen molar-refractivity contribution in [3.05, 3.63) is 70.8 Å². The monoisotopic (exact) mass is 458 g/mol. The number of aldehydes is 1. The topological polar surface area (TPSA) is 108 Å². The van der Waals surface area contributed by atoms with Gasteiger partial charge < -0.3 is 15.2 Å². The molecule has 32 heavy (non-hydrogen) atoms. The van der Waals surface area contributed by atoms with E-state index in [1.807, 2.05) is 19.1 Å². The lowest BCUT2D eigenvalue weighted by Crippen LogP contribution is -2.42. The number of carbonyl (C=O) groups is 2. The molecule has 0 aliphatic carbocycles. The van der Waals surface area contributed by atoms with Gasteiger partial charge in [-0.05, 0) is 48.6 Å². The predicted octanol–water partition coefficient (Wildman–Crippen LogP) is 3.58. The zero-order valence-corrected chi connectivity index (χ0v) is 18.3. The molecule has 0 bridgehead atoms. The van der Waals surface area contributed by atoms with Gasteiger partial charge in [-0.2, -0.15) is 0 Å². The summed E-state index contributed by atoms with van der Waals surface area (Å²) in [7, 11) is 0. The van der Waals surface area contributed by atoms with Gasteiger partial charge in [0.2, 0.25) is 0 Å². The molecule has 0 radical (unpaired) electrons. The first-order valence-electron chi connectivity index (χ1n) is 10.2. The van der Waals surface area contributed by atoms with Crippen LogP contribution in [0.25, 0.3) is 11.1 Å². The Kier molecular flexibility index (Phi) is 7.71. The number of aromatic nitrogens is 3. The van der Waals surface area contributed by atoms with Crippen LogP contribution < -0.4 is 5.32 Å². The van der Waals surface area contributed by atoms with Gasteiger partial charge in [-0.1, -0.05) is 48.0 Å². The minimum atomic E-state index is -0.964. The number of rotatable bonds is 10. The summed E-state index contributed by atoms with van der Waals surface area (Å²) in [5.41, 5.74) is 1.17. The molecule has 1 aromatic heterocycles. The van der Waals surface area contributed by atoms with Crippen LogP contribution >= 0.6 is 11.6 Å². The van der Waals surface area contributed by atoms with Gasteiger partial charge in [0.15, 0.2) is 0 Å². The van der Waals surface area contributed by atoms with Gasteiger partial charge in [-0.15, -0.1) is 5.10 Å². The largest absolute Gasteiger partial charge is 0.395 e. The highest BCUT2D eigenvalue weighted by Gasteiger charge is 2.31. The summed E-state index contributed by atoms with van der Waals surface area (Å²) in [5.74, 6) is -0.784. The summed E-state index contributed by atoms with van der Waals surface area (Å²) >= 11 is 5.99. The number of carbonyl (C=O) groups excluding carboxylic acids is 2. The molecule has 2 aromatic carbocycles. The van der Waals surface area contributed by atoms with E-state index in [0.29, 0.717) is 29.0 Å². The molecule has 3 N–H and O–H groups in total. The molecule has 0 aliphatic rings. The average Bonchev–Trinajstić information content (AvgIpc) is 3.35. The second-order valence-corrected chi connectivity index (χ2v) is 8.20. The van der Waals surface area contributed by atoms with E-state index in [1.165, 1.54) is 18.3 Å². The number of hydrogen-bond donors (Lipinski definition) is 3. The number of aliphatic hydroxyl groups excluding tert-OH is 1. The predicted molar refractivity (Wildman–Crippen MR) is 119 cm³/mol. The molecule has 1 heterocycles. The maximum absolute atomic E-state index is 14.2. The third-order valence-electron chi connectivity index (χ3n) is 5.59. The fourth-order valence-electron chi connectivity index (χ4n) is 3.55. The first kappa shape index (κ1) is 23.6. The fourth-order valence-corrected chi connectivity index (χ4v) is 3.72. The zero-order valence-electron chi connectivity index (χ0n) is 17.5. The summed E-state index contributed by atoms with van der Waals surface area (Å²) in [6.07, 6.45) is 3.13. The van der Waals surface area contributed by atoms with E-state index in [1.54, 1.807) is 18.2 Å². The first-order valence-corrected chi connectivity index (χ1v) is 10.6. The number of H-pyrrole nitrogens is 1. The Morgan fingerprint density at radius 1 is 1.31 bits per heavy atom. The van der Waals surface area contributed by atoms with Gasteiger partial charge in [0.05, 0.1) is 18.2 Å². The van der Waals surface area contributed by atoms with Gasteiger partial charge >= 0.3 is 0 Å². The van der Waals surface area contributed by atoms with E-state index in [-0.39, 0.29) is 24.5 Å². The number of benzene rings is 2. The van der Waals surface area contributed by atoms with E-state index in [2.05, 4.69) is 20.7 Å². The van der Waals surface area contributed by atoms with Crippen LogP contribution in [0.15, 0.2) is 48.7 Å². The molecule has 0 saturated heterocycles. The molecule has 3 aromatic rings. The highest BCUT2D eigenvalue weighted by Crippen LogP contribution is 2.29. The fraction of sp³-hybridized carbons (Fsp3) is 0.304. The highest BCUT2D eigenvalue weighted by atomic mass is 35.5. The molecule has 1 unspecified atom stereocenters. The van der Waals surface area contributed by atoms with E-state index < -0.39 is 17.4 Å². The van der Waals surface area contributed by atoms with Gasteiger partial charge in [-0.3, -0.25) is 9.89 Å². The van der Waals surface area contributed by atoms with Crippen molar-refractivity contribution in [3.8, 4) is 11.1 Å². The molecule has 168 valence electrons. The maximum Gasteiger partial charge on any atom is 0.271 e. The van der Waals surface area contributed by atoms with Gasteiger partial charge in [-0.25, -0.2) is 4.39 Å². The first-order chi connectivity index (χ1) is 15.4. The van der Waals surface area contributed by atoms with Gasteiger partial charge in [0.1, 0.15) is 17.8 Å². The van der Waals surface area contributed by atoms with Crippen molar-refractivity contribution in [1.29, 1.82) is 0 Å². The van der Waals surface area contributed by atoms with E-state index in [0.717, 1.165) is 11.8 Å². The van der Waals surface area contributed by atoms with Gasteiger partial charge in [0.25, 0.3) is 5.91 Å². The molecular formula is C23H24ClFN4O3. The van der Waals surface area contributed by atoms with Crippen molar-refractivity contribution in [2.45, 2.75) is 32.2 Å². The van der Waals surface area contributed by atoms with Crippen LogP contribution in [0.3, 0.4) is 0 Å². The Balaban J connectivity index is 1.82. The SMILES string of the molecule is CCC(C=O)(CO)C[C@@H](Cc1ccc(-c2cc(Cl)ccc2F)cc1)NC(=O)c1cnn[nH]1. The van der Waals surface area contributed by atoms with Crippen LogP contribution in [0.1, 0.15) is 35.8 Å². The van der Waals surface area contributed by atoms with Crippen molar-refractivity contribution in [2.24, 2.45) is 5.41 Å². The van der Waals surface area contributed by atoms with Crippen LogP contribution in [0.5, 0.6) is 0 Å². The number of nitrogens with one attached hydrogen (secondary N) is 2. The van der Waals surface area contributed by atoms with Gasteiger partial charge in [0, 0.05) is 16.6 Å². The lowest BCUT2D eigenvalue weighted by atomic mass is 9.80. The number of halogens is 2. The van der Waals surface area contributed by atoms with Crippen molar-refractivity contribution < 1.29 is 19.1 Å². The second kappa shape index (κ2) is 10.5. The van der Waals surface area contributed by atoms with Crippen LogP contribution in [0.4, 0.5) is 4.39 Å². The molecular weight excluding hydrogens is 435 g/mol. The Morgan fingerprint density at radius 3 is 2.66 bits per heavy atom. The molecule has 2 atom stereocenters. The summed E-state index contributed by atoms with van der Waals surface area (Å²) in [6, 6.07) is 11.2. The second-order valence-electron chi connectivity index (χ2n) is 7.76. The minimum Gasteiger partial charge on any atom is -0.395 e. The van der Waals surface area contributed by atoms with Crippen molar-refractivity contribution in [1.82, 2.24) is 20.7 Å².